The van der Waals surface area contributed by atoms with E-state index in [2.05, 4.69) is 12.1 Å². The number of thioether (sulfide) groups is 1. The molecule has 1 saturated heterocycles. The fourth-order valence-corrected chi connectivity index (χ4v) is 4.87. The summed E-state index contributed by atoms with van der Waals surface area (Å²) in [5.41, 5.74) is 1.17. The average Bonchev–Trinajstić information content (AvgIpc) is 2.93. The van der Waals surface area contributed by atoms with Crippen LogP contribution in [0.1, 0.15) is 43.0 Å². The Hall–Kier alpha value is -1.29. The highest BCUT2D eigenvalue weighted by Crippen LogP contribution is 2.42. The molecular weight excluding hydrogens is 282 g/mol. The van der Waals surface area contributed by atoms with Crippen molar-refractivity contribution in [3.63, 3.8) is 0 Å². The molecular formula is C17H21NO2S. The van der Waals surface area contributed by atoms with Crippen LogP contribution < -0.4 is 0 Å². The molecule has 1 aromatic rings. The van der Waals surface area contributed by atoms with Gasteiger partial charge >= 0.3 is 0 Å². The van der Waals surface area contributed by atoms with Crippen molar-refractivity contribution < 1.29 is 9.59 Å². The quantitative estimate of drug-likeness (QED) is 0.800. The highest BCUT2D eigenvalue weighted by atomic mass is 32.2. The van der Waals surface area contributed by atoms with Gasteiger partial charge in [0.25, 0.3) is 0 Å². The van der Waals surface area contributed by atoms with Gasteiger partial charge in [0.1, 0.15) is 11.2 Å². The first-order valence-corrected chi connectivity index (χ1v) is 8.76. The lowest BCUT2D eigenvalue weighted by molar-refractivity contribution is -0.127. The number of ketones is 1. The third kappa shape index (κ3) is 3.15. The molecule has 112 valence electrons. The Balaban J connectivity index is 1.69. The SMILES string of the molecule is O=CN1C(CC2CCCCC2=O)CSC1c1ccccc1. The zero-order chi connectivity index (χ0) is 14.7. The number of hydrogen-bond acceptors (Lipinski definition) is 3. The maximum Gasteiger partial charge on any atom is 0.211 e. The van der Waals surface area contributed by atoms with Crippen molar-refractivity contribution in [3.05, 3.63) is 35.9 Å². The maximum absolute atomic E-state index is 12.0. The molecule has 1 amide bonds. The molecule has 2 aliphatic rings. The molecule has 3 nitrogen and oxygen atoms in total. The van der Waals surface area contributed by atoms with Gasteiger partial charge in [-0.25, -0.2) is 0 Å². The van der Waals surface area contributed by atoms with Crippen LogP contribution in [0, 0.1) is 5.92 Å². The molecule has 3 rings (SSSR count). The first kappa shape index (κ1) is 14.6. The van der Waals surface area contributed by atoms with Crippen LogP contribution in [-0.2, 0) is 9.59 Å². The summed E-state index contributed by atoms with van der Waals surface area (Å²) in [5.74, 6) is 1.50. The van der Waals surface area contributed by atoms with E-state index < -0.39 is 0 Å². The second kappa shape index (κ2) is 6.65. The van der Waals surface area contributed by atoms with Gasteiger partial charge in [-0.05, 0) is 24.8 Å². The number of carbonyl (C=O) groups is 2. The third-order valence-corrected chi connectivity index (χ3v) is 5.99. The Bertz CT molecular complexity index is 505. The van der Waals surface area contributed by atoms with Gasteiger partial charge in [0.15, 0.2) is 0 Å². The second-order valence-corrected chi connectivity index (χ2v) is 7.06. The molecule has 0 spiro atoms. The van der Waals surface area contributed by atoms with E-state index in [0.717, 1.165) is 44.3 Å². The Morgan fingerprint density at radius 3 is 2.76 bits per heavy atom. The van der Waals surface area contributed by atoms with E-state index >= 15 is 0 Å². The molecule has 3 unspecified atom stereocenters. The Labute approximate surface area is 130 Å². The minimum Gasteiger partial charge on any atom is -0.325 e. The summed E-state index contributed by atoms with van der Waals surface area (Å²) in [5, 5.41) is 0.104. The standard InChI is InChI=1S/C17H21NO2S/c19-12-18-15(10-14-8-4-5-9-16(14)20)11-21-17(18)13-6-2-1-3-7-13/h1-3,6-7,12,14-15,17H,4-5,8-11H2. The number of benzene rings is 1. The molecule has 4 heteroatoms. The van der Waals surface area contributed by atoms with Crippen molar-refractivity contribution in [1.82, 2.24) is 4.90 Å². The number of nitrogens with zero attached hydrogens (tertiary/aromatic N) is 1. The third-order valence-electron chi connectivity index (χ3n) is 4.58. The predicted octanol–water partition coefficient (Wildman–Crippen LogP) is 3.41. The molecule has 1 aromatic carbocycles. The minimum absolute atomic E-state index is 0.104. The minimum atomic E-state index is 0.104. The largest absolute Gasteiger partial charge is 0.325 e. The normalized spacial score (nSPS) is 29.6. The fraction of sp³-hybridized carbons (Fsp3) is 0.529. The molecule has 0 bridgehead atoms. The van der Waals surface area contributed by atoms with E-state index in [1.165, 1.54) is 5.56 Å². The summed E-state index contributed by atoms with van der Waals surface area (Å²) in [7, 11) is 0. The predicted molar refractivity (Wildman–Crippen MR) is 84.9 cm³/mol. The number of Topliss-reactive ketones (excluding diaryl/α,β-unsaturated/α-hetero) is 1. The van der Waals surface area contributed by atoms with Gasteiger partial charge < -0.3 is 4.90 Å². The zero-order valence-corrected chi connectivity index (χ0v) is 12.9. The lowest BCUT2D eigenvalue weighted by Crippen LogP contribution is -2.35. The van der Waals surface area contributed by atoms with E-state index in [1.807, 2.05) is 34.9 Å². The van der Waals surface area contributed by atoms with Crippen molar-refractivity contribution >= 4 is 24.0 Å². The Morgan fingerprint density at radius 1 is 1.24 bits per heavy atom. The van der Waals surface area contributed by atoms with Crippen molar-refractivity contribution in [3.8, 4) is 0 Å². The van der Waals surface area contributed by atoms with E-state index in [0.29, 0.717) is 5.78 Å². The van der Waals surface area contributed by atoms with Crippen LogP contribution in [0.15, 0.2) is 30.3 Å². The molecule has 0 N–H and O–H groups in total. The van der Waals surface area contributed by atoms with Crippen LogP contribution in [-0.4, -0.2) is 28.9 Å². The molecule has 0 radical (unpaired) electrons. The van der Waals surface area contributed by atoms with Gasteiger partial charge in [-0.15, -0.1) is 11.8 Å². The smallest absolute Gasteiger partial charge is 0.211 e. The van der Waals surface area contributed by atoms with Crippen LogP contribution in [0.2, 0.25) is 0 Å². The van der Waals surface area contributed by atoms with Crippen molar-refractivity contribution in [2.45, 2.75) is 43.5 Å². The van der Waals surface area contributed by atoms with Crippen LogP contribution >= 0.6 is 11.8 Å². The lowest BCUT2D eigenvalue weighted by atomic mass is 9.83. The number of hydrogen-bond donors (Lipinski definition) is 0. The highest BCUT2D eigenvalue weighted by molar-refractivity contribution is 7.99. The first-order chi connectivity index (χ1) is 10.3. The van der Waals surface area contributed by atoms with Crippen LogP contribution in [0.4, 0.5) is 0 Å². The molecule has 3 atom stereocenters. The maximum atomic E-state index is 12.0. The van der Waals surface area contributed by atoms with Crippen LogP contribution in [0.5, 0.6) is 0 Å². The van der Waals surface area contributed by atoms with Gasteiger partial charge in [-0.3, -0.25) is 9.59 Å². The van der Waals surface area contributed by atoms with Crippen molar-refractivity contribution in [2.24, 2.45) is 5.92 Å². The molecule has 1 heterocycles. The molecule has 2 fully saturated rings. The summed E-state index contributed by atoms with van der Waals surface area (Å²) >= 11 is 1.81. The summed E-state index contributed by atoms with van der Waals surface area (Å²) in [6.45, 7) is 0. The Kier molecular flexibility index (Phi) is 4.63. The van der Waals surface area contributed by atoms with Gasteiger partial charge in [-0.2, -0.15) is 0 Å². The Morgan fingerprint density at radius 2 is 2.05 bits per heavy atom. The van der Waals surface area contributed by atoms with E-state index in [4.69, 9.17) is 0 Å². The van der Waals surface area contributed by atoms with Gasteiger partial charge in [0.2, 0.25) is 6.41 Å². The van der Waals surface area contributed by atoms with Crippen LogP contribution in [0.3, 0.4) is 0 Å². The summed E-state index contributed by atoms with van der Waals surface area (Å²) < 4.78 is 0. The van der Waals surface area contributed by atoms with Crippen molar-refractivity contribution in [1.29, 1.82) is 0 Å². The number of amides is 1. The molecule has 1 saturated carbocycles. The molecule has 0 aromatic heterocycles. The number of carbonyl (C=O) groups excluding carboxylic acids is 2. The second-order valence-electron chi connectivity index (χ2n) is 5.95. The zero-order valence-electron chi connectivity index (χ0n) is 12.1. The highest BCUT2D eigenvalue weighted by Gasteiger charge is 2.36. The molecule has 1 aliphatic carbocycles. The van der Waals surface area contributed by atoms with Gasteiger partial charge in [0.05, 0.1) is 0 Å². The average molecular weight is 303 g/mol. The van der Waals surface area contributed by atoms with Crippen molar-refractivity contribution in [2.75, 3.05) is 5.75 Å². The van der Waals surface area contributed by atoms with Gasteiger partial charge in [0, 0.05) is 24.1 Å². The van der Waals surface area contributed by atoms with E-state index in [9.17, 15) is 9.59 Å². The summed E-state index contributed by atoms with van der Waals surface area (Å²) in [4.78, 5) is 25.5. The summed E-state index contributed by atoms with van der Waals surface area (Å²) in [6.07, 6.45) is 5.73. The van der Waals surface area contributed by atoms with Gasteiger partial charge in [-0.1, -0.05) is 36.8 Å². The number of rotatable bonds is 4. The molecule has 1 aliphatic heterocycles. The summed E-state index contributed by atoms with van der Waals surface area (Å²) in [6, 6.07) is 10.4. The first-order valence-electron chi connectivity index (χ1n) is 7.71. The lowest BCUT2D eigenvalue weighted by Gasteiger charge is -2.29. The van der Waals surface area contributed by atoms with Crippen LogP contribution in [0.25, 0.3) is 0 Å². The molecule has 21 heavy (non-hydrogen) atoms. The van der Waals surface area contributed by atoms with E-state index in [-0.39, 0.29) is 17.3 Å². The monoisotopic (exact) mass is 303 g/mol. The van der Waals surface area contributed by atoms with E-state index in [1.54, 1.807) is 0 Å². The fourth-order valence-electron chi connectivity index (χ4n) is 3.42. The topological polar surface area (TPSA) is 37.4 Å².